The number of aryl methyl sites for hydroxylation is 2. The Morgan fingerprint density at radius 3 is 2.88 bits per heavy atom. The second-order valence-corrected chi connectivity index (χ2v) is 6.26. The first kappa shape index (κ1) is 18.8. The van der Waals surface area contributed by atoms with Gasteiger partial charge in [-0.05, 0) is 38.0 Å². The highest BCUT2D eigenvalue weighted by atomic mass is 32.2. The van der Waals surface area contributed by atoms with Gasteiger partial charge in [-0.3, -0.25) is 15.2 Å². The van der Waals surface area contributed by atoms with Crippen LogP contribution >= 0.6 is 11.8 Å². The number of carbonyl (C=O) groups excluding carboxylic acids is 2. The fourth-order valence-electron chi connectivity index (χ4n) is 1.91. The van der Waals surface area contributed by atoms with Crippen molar-refractivity contribution in [3.8, 4) is 5.75 Å². The van der Waals surface area contributed by atoms with Crippen molar-refractivity contribution in [3.63, 3.8) is 0 Å². The molecule has 0 aliphatic carbocycles. The highest BCUT2D eigenvalue weighted by Crippen LogP contribution is 2.20. The van der Waals surface area contributed by atoms with Crippen LogP contribution in [0.2, 0.25) is 0 Å². The number of hydrogen-bond donors (Lipinski definition) is 3. The summed E-state index contributed by atoms with van der Waals surface area (Å²) < 4.78 is 5.75. The summed E-state index contributed by atoms with van der Waals surface area (Å²) in [5, 5.41) is 11.9. The number of imide groups is 1. The fraction of sp³-hybridized carbons (Fsp3) is 0.375. The first-order valence-corrected chi connectivity index (χ1v) is 8.78. The van der Waals surface area contributed by atoms with Gasteiger partial charge >= 0.3 is 6.03 Å². The Kier molecular flexibility index (Phi) is 6.81. The second-order valence-electron chi connectivity index (χ2n) is 5.32. The van der Waals surface area contributed by atoms with E-state index in [1.165, 1.54) is 0 Å². The van der Waals surface area contributed by atoms with Crippen LogP contribution in [0.4, 0.5) is 4.79 Å². The minimum Gasteiger partial charge on any atom is -0.485 e. The summed E-state index contributed by atoms with van der Waals surface area (Å²) in [6.45, 7) is 6.46. The van der Waals surface area contributed by atoms with Gasteiger partial charge in [0.1, 0.15) is 12.4 Å². The Morgan fingerprint density at radius 2 is 2.12 bits per heavy atom. The van der Waals surface area contributed by atoms with Gasteiger partial charge in [0.15, 0.2) is 5.82 Å². The van der Waals surface area contributed by atoms with E-state index < -0.39 is 11.9 Å². The lowest BCUT2D eigenvalue weighted by Crippen LogP contribution is -2.40. The maximum absolute atomic E-state index is 11.6. The van der Waals surface area contributed by atoms with E-state index >= 15 is 0 Å². The van der Waals surface area contributed by atoms with Gasteiger partial charge in [0.2, 0.25) is 11.1 Å². The number of nitrogens with one attached hydrogen (secondary N) is 3. The molecule has 0 unspecified atom stereocenters. The van der Waals surface area contributed by atoms with Gasteiger partial charge in [-0.2, -0.15) is 0 Å². The number of rotatable bonds is 7. The maximum Gasteiger partial charge on any atom is 0.321 e. The maximum atomic E-state index is 11.6. The van der Waals surface area contributed by atoms with E-state index in [1.807, 2.05) is 32.0 Å². The smallest absolute Gasteiger partial charge is 0.321 e. The highest BCUT2D eigenvalue weighted by Gasteiger charge is 2.11. The minimum absolute atomic E-state index is 0.0479. The van der Waals surface area contributed by atoms with Crippen molar-refractivity contribution in [1.82, 2.24) is 25.8 Å². The third kappa shape index (κ3) is 6.11. The van der Waals surface area contributed by atoms with E-state index in [2.05, 4.69) is 25.8 Å². The van der Waals surface area contributed by atoms with Crippen LogP contribution in [0.1, 0.15) is 23.9 Å². The number of ether oxygens (including phenoxy) is 1. The number of amides is 3. The molecule has 0 aliphatic rings. The van der Waals surface area contributed by atoms with Crippen LogP contribution in [0.15, 0.2) is 23.4 Å². The van der Waals surface area contributed by atoms with E-state index in [4.69, 9.17) is 4.74 Å². The Labute approximate surface area is 150 Å². The lowest BCUT2D eigenvalue weighted by Gasteiger charge is -2.08. The number of hydrogen-bond acceptors (Lipinski definition) is 6. The number of aromatic amines is 1. The first-order valence-electron chi connectivity index (χ1n) is 7.79. The summed E-state index contributed by atoms with van der Waals surface area (Å²) in [5.74, 6) is 1.00. The van der Waals surface area contributed by atoms with Crippen LogP contribution < -0.4 is 15.4 Å². The molecule has 8 nitrogen and oxygen atoms in total. The topological polar surface area (TPSA) is 109 Å². The third-order valence-corrected chi connectivity index (χ3v) is 3.99. The van der Waals surface area contributed by atoms with Crippen LogP contribution in [-0.4, -0.2) is 39.4 Å². The molecule has 0 aliphatic heterocycles. The molecule has 3 N–H and O–H groups in total. The number of nitrogens with zero attached hydrogens (tertiary/aromatic N) is 2. The lowest BCUT2D eigenvalue weighted by molar-refractivity contribution is -0.117. The molecule has 1 heterocycles. The number of aromatic nitrogens is 3. The van der Waals surface area contributed by atoms with Gasteiger partial charge in [0.25, 0.3) is 0 Å². The van der Waals surface area contributed by atoms with Gasteiger partial charge in [0, 0.05) is 6.54 Å². The quantitative estimate of drug-likeness (QED) is 0.649. The molecule has 1 aromatic carbocycles. The summed E-state index contributed by atoms with van der Waals surface area (Å²) in [4.78, 5) is 27.1. The molecule has 0 radical (unpaired) electrons. The molecule has 0 bridgehead atoms. The van der Waals surface area contributed by atoms with Crippen molar-refractivity contribution in [3.05, 3.63) is 35.2 Å². The normalized spacial score (nSPS) is 10.4. The van der Waals surface area contributed by atoms with Crippen molar-refractivity contribution in [2.24, 2.45) is 0 Å². The Bertz CT molecular complexity index is 747. The average molecular weight is 363 g/mol. The predicted molar refractivity (Wildman–Crippen MR) is 94.6 cm³/mol. The van der Waals surface area contributed by atoms with E-state index in [1.54, 1.807) is 6.92 Å². The molecule has 0 saturated heterocycles. The summed E-state index contributed by atoms with van der Waals surface area (Å²) in [7, 11) is 0. The standard InChI is InChI=1S/C16H21N5O3S/c1-4-17-15(23)19-14(22)9-25-16-18-13(20-21-16)8-24-12-7-10(2)5-6-11(12)3/h5-7H,4,8-9H2,1-3H3,(H,18,20,21)(H2,17,19,22,23). The van der Waals surface area contributed by atoms with E-state index in [-0.39, 0.29) is 12.4 Å². The molecule has 3 amide bonds. The molecular formula is C16H21N5O3S. The third-order valence-electron chi connectivity index (χ3n) is 3.14. The van der Waals surface area contributed by atoms with Crippen molar-refractivity contribution in [1.29, 1.82) is 0 Å². The second kappa shape index (κ2) is 9.07. The average Bonchev–Trinajstić information content (AvgIpc) is 3.02. The SMILES string of the molecule is CCNC(=O)NC(=O)CSc1n[nH]c(COc2cc(C)ccc2C)n1. The Balaban J connectivity index is 1.81. The number of carbonyl (C=O) groups is 2. The summed E-state index contributed by atoms with van der Waals surface area (Å²) in [6.07, 6.45) is 0. The monoisotopic (exact) mass is 363 g/mol. The molecule has 25 heavy (non-hydrogen) atoms. The fourth-order valence-corrected chi connectivity index (χ4v) is 2.53. The molecule has 0 spiro atoms. The zero-order valence-corrected chi connectivity index (χ0v) is 15.2. The molecule has 0 saturated carbocycles. The number of H-pyrrole nitrogens is 1. The Hall–Kier alpha value is -2.55. The number of urea groups is 1. The number of thioether (sulfide) groups is 1. The van der Waals surface area contributed by atoms with Crippen molar-refractivity contribution in [2.75, 3.05) is 12.3 Å². The molecule has 1 aromatic heterocycles. The zero-order valence-electron chi connectivity index (χ0n) is 14.4. The molecule has 2 rings (SSSR count). The van der Waals surface area contributed by atoms with Crippen molar-refractivity contribution in [2.45, 2.75) is 32.5 Å². The van der Waals surface area contributed by atoms with Gasteiger partial charge in [0.05, 0.1) is 5.75 Å². The van der Waals surface area contributed by atoms with E-state index in [0.29, 0.717) is 17.5 Å². The zero-order chi connectivity index (χ0) is 18.2. The summed E-state index contributed by atoms with van der Waals surface area (Å²) >= 11 is 1.14. The summed E-state index contributed by atoms with van der Waals surface area (Å²) in [6, 6.07) is 5.48. The van der Waals surface area contributed by atoms with E-state index in [9.17, 15) is 9.59 Å². The molecule has 2 aromatic rings. The lowest BCUT2D eigenvalue weighted by atomic mass is 10.1. The highest BCUT2D eigenvalue weighted by molar-refractivity contribution is 7.99. The van der Waals surface area contributed by atoms with Gasteiger partial charge in [-0.25, -0.2) is 9.78 Å². The van der Waals surface area contributed by atoms with Crippen LogP contribution in [0.5, 0.6) is 5.75 Å². The summed E-state index contributed by atoms with van der Waals surface area (Å²) in [5.41, 5.74) is 2.16. The predicted octanol–water partition coefficient (Wildman–Crippen LogP) is 1.94. The first-order chi connectivity index (χ1) is 12.0. The van der Waals surface area contributed by atoms with Crippen LogP contribution in [0, 0.1) is 13.8 Å². The molecule has 134 valence electrons. The van der Waals surface area contributed by atoms with Crippen LogP contribution in [0.3, 0.4) is 0 Å². The van der Waals surface area contributed by atoms with Crippen LogP contribution in [-0.2, 0) is 11.4 Å². The molecular weight excluding hydrogens is 342 g/mol. The molecule has 0 fully saturated rings. The Morgan fingerprint density at radius 1 is 1.32 bits per heavy atom. The van der Waals surface area contributed by atoms with E-state index in [0.717, 1.165) is 28.6 Å². The largest absolute Gasteiger partial charge is 0.485 e. The van der Waals surface area contributed by atoms with Crippen molar-refractivity contribution >= 4 is 23.7 Å². The van der Waals surface area contributed by atoms with Crippen molar-refractivity contribution < 1.29 is 14.3 Å². The minimum atomic E-state index is -0.509. The number of benzene rings is 1. The van der Waals surface area contributed by atoms with Crippen LogP contribution in [0.25, 0.3) is 0 Å². The van der Waals surface area contributed by atoms with Gasteiger partial charge in [-0.15, -0.1) is 5.10 Å². The molecule has 9 heteroatoms. The van der Waals surface area contributed by atoms with Gasteiger partial charge < -0.3 is 10.1 Å². The van der Waals surface area contributed by atoms with Gasteiger partial charge in [-0.1, -0.05) is 23.9 Å². The molecule has 0 atom stereocenters.